The van der Waals surface area contributed by atoms with Crippen molar-refractivity contribution in [2.24, 2.45) is 0 Å². The Kier molecular flexibility index (Phi) is 6.12. The summed E-state index contributed by atoms with van der Waals surface area (Å²) in [6.45, 7) is 4.38. The van der Waals surface area contributed by atoms with Crippen LogP contribution in [-0.4, -0.2) is 16.5 Å². The van der Waals surface area contributed by atoms with E-state index in [1.807, 2.05) is 35.8 Å². The van der Waals surface area contributed by atoms with E-state index >= 15 is 0 Å². The lowest BCUT2D eigenvalue weighted by atomic mass is 10.2. The van der Waals surface area contributed by atoms with E-state index in [1.54, 1.807) is 0 Å². The van der Waals surface area contributed by atoms with Gasteiger partial charge in [0.05, 0.1) is 5.69 Å². The Balaban J connectivity index is 2.60. The highest BCUT2D eigenvalue weighted by molar-refractivity contribution is 7.98. The van der Waals surface area contributed by atoms with Crippen LogP contribution in [0.25, 0.3) is 0 Å². The molecule has 0 aromatic carbocycles. The smallest absolute Gasteiger partial charge is 0.0542 e. The van der Waals surface area contributed by atoms with E-state index in [9.17, 15) is 0 Å². The number of aromatic nitrogens is 1. The Morgan fingerprint density at radius 1 is 1.14 bits per heavy atom. The summed E-state index contributed by atoms with van der Waals surface area (Å²) in [7, 11) is 0. The minimum Gasteiger partial charge on any atom is -0.260 e. The lowest BCUT2D eigenvalue weighted by Crippen LogP contribution is -1.94. The van der Waals surface area contributed by atoms with Gasteiger partial charge >= 0.3 is 0 Å². The van der Waals surface area contributed by atoms with Crippen LogP contribution in [0.3, 0.4) is 0 Å². The average Bonchev–Trinajstić information content (AvgIpc) is 2.24. The fourth-order valence-corrected chi connectivity index (χ4v) is 2.49. The molecule has 0 amide bonds. The van der Waals surface area contributed by atoms with Crippen molar-refractivity contribution in [2.75, 3.05) is 11.5 Å². The zero-order valence-electron chi connectivity index (χ0n) is 8.82. The van der Waals surface area contributed by atoms with Gasteiger partial charge in [-0.05, 0) is 23.1 Å². The van der Waals surface area contributed by atoms with E-state index in [4.69, 9.17) is 0 Å². The van der Waals surface area contributed by atoms with Gasteiger partial charge in [-0.2, -0.15) is 23.5 Å². The number of hydrogen-bond acceptors (Lipinski definition) is 3. The number of pyridine rings is 1. The van der Waals surface area contributed by atoms with Gasteiger partial charge in [0.1, 0.15) is 0 Å². The zero-order chi connectivity index (χ0) is 10.2. The zero-order valence-corrected chi connectivity index (χ0v) is 10.5. The molecule has 1 aromatic rings. The highest BCUT2D eigenvalue weighted by Gasteiger charge is 2.02. The van der Waals surface area contributed by atoms with Gasteiger partial charge in [-0.3, -0.25) is 4.98 Å². The largest absolute Gasteiger partial charge is 0.260 e. The summed E-state index contributed by atoms with van der Waals surface area (Å²) in [5.41, 5.74) is 2.67. The molecule has 0 aliphatic rings. The van der Waals surface area contributed by atoms with E-state index in [0.717, 1.165) is 17.3 Å². The lowest BCUT2D eigenvalue weighted by Gasteiger charge is -2.06. The molecule has 1 heterocycles. The predicted octanol–water partition coefficient (Wildman–Crippen LogP) is 3.59. The van der Waals surface area contributed by atoms with Crippen LogP contribution in [0, 0.1) is 0 Å². The van der Waals surface area contributed by atoms with Crippen molar-refractivity contribution < 1.29 is 0 Å². The van der Waals surface area contributed by atoms with Gasteiger partial charge in [0.2, 0.25) is 0 Å². The quantitative estimate of drug-likeness (QED) is 0.737. The molecule has 0 aliphatic carbocycles. The third kappa shape index (κ3) is 3.93. The van der Waals surface area contributed by atoms with Crippen molar-refractivity contribution in [2.45, 2.75) is 25.4 Å². The van der Waals surface area contributed by atoms with E-state index in [2.05, 4.69) is 24.9 Å². The Morgan fingerprint density at radius 3 is 2.57 bits per heavy atom. The van der Waals surface area contributed by atoms with Gasteiger partial charge in [-0.15, -0.1) is 0 Å². The van der Waals surface area contributed by atoms with E-state index in [-0.39, 0.29) is 0 Å². The van der Waals surface area contributed by atoms with Crippen LogP contribution in [0.4, 0.5) is 0 Å². The van der Waals surface area contributed by atoms with Crippen LogP contribution in [0.2, 0.25) is 0 Å². The molecule has 0 radical (unpaired) electrons. The van der Waals surface area contributed by atoms with Crippen molar-refractivity contribution >= 4 is 23.5 Å². The second-order valence-corrected chi connectivity index (χ2v) is 5.43. The summed E-state index contributed by atoms with van der Waals surface area (Å²) in [5.74, 6) is 4.49. The third-order valence-electron chi connectivity index (χ3n) is 1.89. The summed E-state index contributed by atoms with van der Waals surface area (Å²) >= 11 is 3.90. The maximum absolute atomic E-state index is 4.43. The molecular formula is C11H17NS2. The van der Waals surface area contributed by atoms with Gasteiger partial charge < -0.3 is 0 Å². The fraction of sp³-hybridized carbons (Fsp3) is 0.545. The Labute approximate surface area is 95.1 Å². The first-order valence-electron chi connectivity index (χ1n) is 4.96. The second kappa shape index (κ2) is 7.18. The molecule has 0 saturated heterocycles. The van der Waals surface area contributed by atoms with Crippen LogP contribution < -0.4 is 0 Å². The summed E-state index contributed by atoms with van der Waals surface area (Å²) < 4.78 is 0. The standard InChI is InChI=1S/C11H17NS2/c1-3-13-8-10-6-5-7-12-11(10)9-14-4-2/h5-7H,3-4,8-9H2,1-2H3. The Hall–Kier alpha value is -0.150. The average molecular weight is 227 g/mol. The predicted molar refractivity (Wildman–Crippen MR) is 67.9 cm³/mol. The monoisotopic (exact) mass is 227 g/mol. The normalized spacial score (nSPS) is 10.4. The molecule has 78 valence electrons. The van der Waals surface area contributed by atoms with E-state index in [0.29, 0.717) is 0 Å². The Morgan fingerprint density at radius 2 is 1.86 bits per heavy atom. The van der Waals surface area contributed by atoms with Crippen molar-refractivity contribution in [3.8, 4) is 0 Å². The molecule has 0 aliphatic heterocycles. The highest BCUT2D eigenvalue weighted by Crippen LogP contribution is 2.18. The first-order chi connectivity index (χ1) is 6.88. The van der Waals surface area contributed by atoms with Gasteiger partial charge in [0.25, 0.3) is 0 Å². The van der Waals surface area contributed by atoms with Crippen molar-refractivity contribution in [3.05, 3.63) is 29.6 Å². The van der Waals surface area contributed by atoms with Gasteiger partial charge in [0.15, 0.2) is 0 Å². The molecule has 1 nitrogen and oxygen atoms in total. The summed E-state index contributed by atoms with van der Waals surface area (Å²) in [4.78, 5) is 4.43. The summed E-state index contributed by atoms with van der Waals surface area (Å²) in [5, 5.41) is 0. The van der Waals surface area contributed by atoms with Gasteiger partial charge in [-0.25, -0.2) is 0 Å². The number of rotatable bonds is 6. The lowest BCUT2D eigenvalue weighted by molar-refractivity contribution is 1.12. The maximum Gasteiger partial charge on any atom is 0.0542 e. The Bertz CT molecular complexity index is 236. The molecule has 0 bridgehead atoms. The molecule has 1 rings (SSSR count). The topological polar surface area (TPSA) is 12.9 Å². The molecule has 0 spiro atoms. The summed E-state index contributed by atoms with van der Waals surface area (Å²) in [6, 6.07) is 4.23. The molecule has 14 heavy (non-hydrogen) atoms. The molecule has 0 saturated carbocycles. The second-order valence-electron chi connectivity index (χ2n) is 2.88. The molecule has 0 fully saturated rings. The fourth-order valence-electron chi connectivity index (χ4n) is 1.14. The molecule has 0 N–H and O–H groups in total. The molecular weight excluding hydrogens is 210 g/mol. The molecule has 1 aromatic heterocycles. The van der Waals surface area contributed by atoms with Crippen molar-refractivity contribution in [3.63, 3.8) is 0 Å². The van der Waals surface area contributed by atoms with Crippen LogP contribution in [0.1, 0.15) is 25.1 Å². The van der Waals surface area contributed by atoms with Crippen LogP contribution in [0.15, 0.2) is 18.3 Å². The first-order valence-corrected chi connectivity index (χ1v) is 7.27. The molecule has 3 heteroatoms. The van der Waals surface area contributed by atoms with Crippen molar-refractivity contribution in [1.82, 2.24) is 4.98 Å². The molecule has 0 atom stereocenters. The highest BCUT2D eigenvalue weighted by atomic mass is 32.2. The van der Waals surface area contributed by atoms with E-state index < -0.39 is 0 Å². The van der Waals surface area contributed by atoms with E-state index in [1.165, 1.54) is 17.0 Å². The maximum atomic E-state index is 4.43. The van der Waals surface area contributed by atoms with Gasteiger partial charge in [0, 0.05) is 17.7 Å². The van der Waals surface area contributed by atoms with Crippen LogP contribution in [-0.2, 0) is 11.5 Å². The summed E-state index contributed by atoms with van der Waals surface area (Å²) in [6.07, 6.45) is 1.89. The van der Waals surface area contributed by atoms with Crippen LogP contribution in [0.5, 0.6) is 0 Å². The molecule has 0 unspecified atom stereocenters. The van der Waals surface area contributed by atoms with Gasteiger partial charge in [-0.1, -0.05) is 19.9 Å². The number of nitrogens with zero attached hydrogens (tertiary/aromatic N) is 1. The minimum absolute atomic E-state index is 1.05. The first kappa shape index (κ1) is 11.9. The SMILES string of the molecule is CCSCc1cccnc1CSCC. The number of thioether (sulfide) groups is 2. The third-order valence-corrected chi connectivity index (χ3v) is 3.70. The van der Waals surface area contributed by atoms with Crippen molar-refractivity contribution in [1.29, 1.82) is 0 Å². The van der Waals surface area contributed by atoms with Crippen LogP contribution >= 0.6 is 23.5 Å². The minimum atomic E-state index is 1.05. The number of hydrogen-bond donors (Lipinski definition) is 0.